The van der Waals surface area contributed by atoms with E-state index in [2.05, 4.69) is 24.3 Å². The molecule has 0 atom stereocenters. The summed E-state index contributed by atoms with van der Waals surface area (Å²) in [6.07, 6.45) is 5.38. The molecule has 21 heavy (non-hydrogen) atoms. The second-order valence-corrected chi connectivity index (χ2v) is 6.00. The zero-order valence-electron chi connectivity index (χ0n) is 13.1. The van der Waals surface area contributed by atoms with E-state index in [9.17, 15) is 4.79 Å². The number of benzene rings is 1. The summed E-state index contributed by atoms with van der Waals surface area (Å²) in [6, 6.07) is 7.68. The Kier molecular flexibility index (Phi) is 6.05. The van der Waals surface area contributed by atoms with E-state index in [0.717, 1.165) is 37.2 Å². The van der Waals surface area contributed by atoms with Crippen molar-refractivity contribution in [3.63, 3.8) is 0 Å². The van der Waals surface area contributed by atoms with E-state index < -0.39 is 0 Å². The van der Waals surface area contributed by atoms with Crippen LogP contribution in [0.25, 0.3) is 0 Å². The Bertz CT molecular complexity index is 454. The highest BCUT2D eigenvalue weighted by Gasteiger charge is 2.22. The SMILES string of the molecule is CN(C)CCCOc1cccc(NC(=O)C2CCCC2)c1. The Hall–Kier alpha value is -1.55. The van der Waals surface area contributed by atoms with Crippen molar-refractivity contribution in [2.45, 2.75) is 32.1 Å². The fraction of sp³-hybridized carbons (Fsp3) is 0.588. The summed E-state index contributed by atoms with van der Waals surface area (Å²) in [5.74, 6) is 1.16. The number of rotatable bonds is 7. The number of amides is 1. The number of hydrogen-bond donors (Lipinski definition) is 1. The van der Waals surface area contributed by atoms with Crippen LogP contribution in [0.1, 0.15) is 32.1 Å². The molecule has 0 unspecified atom stereocenters. The van der Waals surface area contributed by atoms with E-state index in [1.807, 2.05) is 24.3 Å². The molecular formula is C17H26N2O2. The molecule has 4 heteroatoms. The van der Waals surface area contributed by atoms with Gasteiger partial charge in [0.1, 0.15) is 5.75 Å². The van der Waals surface area contributed by atoms with Crippen LogP contribution in [0.3, 0.4) is 0 Å². The number of anilines is 1. The molecule has 0 bridgehead atoms. The molecule has 1 saturated carbocycles. The van der Waals surface area contributed by atoms with E-state index in [1.165, 1.54) is 12.8 Å². The molecule has 0 saturated heterocycles. The second kappa shape index (κ2) is 8.03. The average molecular weight is 290 g/mol. The molecule has 1 aromatic rings. The van der Waals surface area contributed by atoms with Crippen molar-refractivity contribution in [2.75, 3.05) is 32.6 Å². The van der Waals surface area contributed by atoms with E-state index in [1.54, 1.807) is 0 Å². The molecule has 116 valence electrons. The van der Waals surface area contributed by atoms with Crippen LogP contribution in [0.5, 0.6) is 5.75 Å². The predicted octanol–water partition coefficient (Wildman–Crippen LogP) is 3.15. The molecule has 0 aromatic heterocycles. The van der Waals surface area contributed by atoms with E-state index in [4.69, 9.17) is 4.74 Å². The lowest BCUT2D eigenvalue weighted by molar-refractivity contribution is -0.119. The smallest absolute Gasteiger partial charge is 0.227 e. The van der Waals surface area contributed by atoms with Gasteiger partial charge in [-0.1, -0.05) is 18.9 Å². The lowest BCUT2D eigenvalue weighted by Crippen LogP contribution is -2.20. The van der Waals surface area contributed by atoms with Crippen LogP contribution in [0.2, 0.25) is 0 Å². The highest BCUT2D eigenvalue weighted by atomic mass is 16.5. The third-order valence-electron chi connectivity index (χ3n) is 3.85. The van der Waals surface area contributed by atoms with Crippen LogP contribution < -0.4 is 10.1 Å². The van der Waals surface area contributed by atoms with Crippen LogP contribution in [0, 0.1) is 5.92 Å². The van der Waals surface area contributed by atoms with E-state index in [-0.39, 0.29) is 11.8 Å². The molecule has 2 rings (SSSR count). The number of carbonyl (C=O) groups excluding carboxylic acids is 1. The quantitative estimate of drug-likeness (QED) is 0.784. The molecule has 1 amide bonds. The minimum Gasteiger partial charge on any atom is -0.493 e. The normalized spacial score (nSPS) is 15.4. The summed E-state index contributed by atoms with van der Waals surface area (Å²) < 4.78 is 5.73. The van der Waals surface area contributed by atoms with Gasteiger partial charge >= 0.3 is 0 Å². The molecule has 1 aliphatic carbocycles. The Labute approximate surface area is 127 Å². The molecule has 0 aliphatic heterocycles. The maximum Gasteiger partial charge on any atom is 0.227 e. The third kappa shape index (κ3) is 5.38. The highest BCUT2D eigenvalue weighted by Crippen LogP contribution is 2.26. The Balaban J connectivity index is 1.81. The van der Waals surface area contributed by atoms with Crippen molar-refractivity contribution in [2.24, 2.45) is 5.92 Å². The van der Waals surface area contributed by atoms with Crippen molar-refractivity contribution in [1.29, 1.82) is 0 Å². The minimum atomic E-state index is 0.150. The summed E-state index contributed by atoms with van der Waals surface area (Å²) >= 11 is 0. The van der Waals surface area contributed by atoms with Crippen LogP contribution in [-0.4, -0.2) is 38.1 Å². The van der Waals surface area contributed by atoms with Gasteiger partial charge in [-0.25, -0.2) is 0 Å². The van der Waals surface area contributed by atoms with Crippen LogP contribution in [0.4, 0.5) is 5.69 Å². The van der Waals surface area contributed by atoms with Crippen molar-refractivity contribution in [3.05, 3.63) is 24.3 Å². The monoisotopic (exact) mass is 290 g/mol. The lowest BCUT2D eigenvalue weighted by atomic mass is 10.1. The Morgan fingerprint density at radius 1 is 1.33 bits per heavy atom. The summed E-state index contributed by atoms with van der Waals surface area (Å²) in [5.41, 5.74) is 0.831. The van der Waals surface area contributed by atoms with Gasteiger partial charge in [-0.2, -0.15) is 0 Å². The van der Waals surface area contributed by atoms with Crippen LogP contribution in [0.15, 0.2) is 24.3 Å². The zero-order chi connectivity index (χ0) is 15.1. The zero-order valence-corrected chi connectivity index (χ0v) is 13.1. The topological polar surface area (TPSA) is 41.6 Å². The molecule has 1 aromatic carbocycles. The first-order valence-corrected chi connectivity index (χ1v) is 7.83. The molecular weight excluding hydrogens is 264 g/mol. The first-order chi connectivity index (χ1) is 10.1. The van der Waals surface area contributed by atoms with Crippen molar-refractivity contribution < 1.29 is 9.53 Å². The fourth-order valence-electron chi connectivity index (χ4n) is 2.67. The van der Waals surface area contributed by atoms with Gasteiger partial charge in [0, 0.05) is 24.2 Å². The van der Waals surface area contributed by atoms with Gasteiger partial charge in [-0.15, -0.1) is 0 Å². The van der Waals surface area contributed by atoms with E-state index >= 15 is 0 Å². The van der Waals surface area contributed by atoms with E-state index in [0.29, 0.717) is 6.61 Å². The summed E-state index contributed by atoms with van der Waals surface area (Å²) in [6.45, 7) is 1.70. The van der Waals surface area contributed by atoms with Crippen molar-refractivity contribution in [3.8, 4) is 5.75 Å². The second-order valence-electron chi connectivity index (χ2n) is 6.00. The number of nitrogens with one attached hydrogen (secondary N) is 1. The first kappa shape index (κ1) is 15.8. The summed E-state index contributed by atoms with van der Waals surface area (Å²) in [5, 5.41) is 3.01. The molecule has 0 radical (unpaired) electrons. The number of ether oxygens (including phenoxy) is 1. The first-order valence-electron chi connectivity index (χ1n) is 7.83. The summed E-state index contributed by atoms with van der Waals surface area (Å²) in [4.78, 5) is 14.2. The maximum absolute atomic E-state index is 12.1. The predicted molar refractivity (Wildman–Crippen MR) is 85.7 cm³/mol. The average Bonchev–Trinajstić information content (AvgIpc) is 2.98. The minimum absolute atomic E-state index is 0.150. The Morgan fingerprint density at radius 3 is 2.81 bits per heavy atom. The Morgan fingerprint density at radius 2 is 2.10 bits per heavy atom. The molecule has 0 heterocycles. The molecule has 1 N–H and O–H groups in total. The molecule has 4 nitrogen and oxygen atoms in total. The van der Waals surface area contributed by atoms with Crippen molar-refractivity contribution in [1.82, 2.24) is 4.90 Å². The fourth-order valence-corrected chi connectivity index (χ4v) is 2.67. The van der Waals surface area contributed by atoms with Crippen molar-refractivity contribution >= 4 is 11.6 Å². The van der Waals surface area contributed by atoms with Gasteiger partial charge in [0.2, 0.25) is 5.91 Å². The number of carbonyl (C=O) groups is 1. The maximum atomic E-state index is 12.1. The molecule has 0 spiro atoms. The standard InChI is InChI=1S/C17H26N2O2/c1-19(2)11-6-12-21-16-10-5-9-15(13-16)18-17(20)14-7-3-4-8-14/h5,9-10,13-14H,3-4,6-8,11-12H2,1-2H3,(H,18,20). The largest absolute Gasteiger partial charge is 0.493 e. The third-order valence-corrected chi connectivity index (χ3v) is 3.85. The number of hydrogen-bond acceptors (Lipinski definition) is 3. The van der Waals surface area contributed by atoms with Gasteiger partial charge in [0.05, 0.1) is 6.61 Å². The van der Waals surface area contributed by atoms with Crippen LogP contribution in [-0.2, 0) is 4.79 Å². The van der Waals surface area contributed by atoms with Gasteiger partial charge in [-0.3, -0.25) is 4.79 Å². The molecule has 1 aliphatic rings. The van der Waals surface area contributed by atoms with Gasteiger partial charge in [0.25, 0.3) is 0 Å². The van der Waals surface area contributed by atoms with Gasteiger partial charge in [0.15, 0.2) is 0 Å². The summed E-state index contributed by atoms with van der Waals surface area (Å²) in [7, 11) is 4.11. The highest BCUT2D eigenvalue weighted by molar-refractivity contribution is 5.92. The number of nitrogens with zero attached hydrogens (tertiary/aromatic N) is 1. The van der Waals surface area contributed by atoms with Gasteiger partial charge in [-0.05, 0) is 45.5 Å². The van der Waals surface area contributed by atoms with Gasteiger partial charge < -0.3 is 15.0 Å². The molecule has 1 fully saturated rings. The van der Waals surface area contributed by atoms with Crippen LogP contribution >= 0.6 is 0 Å². The lowest BCUT2D eigenvalue weighted by Gasteiger charge is -2.13.